The van der Waals surface area contributed by atoms with E-state index in [2.05, 4.69) is 19.4 Å². The van der Waals surface area contributed by atoms with Crippen molar-refractivity contribution in [3.05, 3.63) is 53.1 Å². The number of anilines is 1. The molecular formula is C24H30ClN2O2+. The summed E-state index contributed by atoms with van der Waals surface area (Å²) in [5.41, 5.74) is 3.74. The number of ether oxygens (including phenoxy) is 1. The Morgan fingerprint density at radius 1 is 1.21 bits per heavy atom. The van der Waals surface area contributed by atoms with Gasteiger partial charge in [-0.3, -0.25) is 5.32 Å². The van der Waals surface area contributed by atoms with Crippen LogP contribution in [0.15, 0.2) is 42.5 Å². The van der Waals surface area contributed by atoms with Gasteiger partial charge in [0, 0.05) is 29.8 Å². The zero-order valence-electron chi connectivity index (χ0n) is 17.5. The molecule has 0 radical (unpaired) electrons. The molecule has 2 atom stereocenters. The average Bonchev–Trinajstić information content (AvgIpc) is 2.84. The molecule has 2 aromatic rings. The van der Waals surface area contributed by atoms with E-state index in [0.29, 0.717) is 17.7 Å². The minimum atomic E-state index is -0.383. The fourth-order valence-electron chi connectivity index (χ4n) is 5.36. The van der Waals surface area contributed by atoms with Crippen molar-refractivity contribution in [1.29, 1.82) is 0 Å². The minimum Gasteiger partial charge on any atom is -0.443 e. The maximum atomic E-state index is 12.8. The molecule has 2 aliphatic rings. The van der Waals surface area contributed by atoms with Gasteiger partial charge in [-0.15, -0.1) is 0 Å². The summed E-state index contributed by atoms with van der Waals surface area (Å²) < 4.78 is 6.79. The lowest BCUT2D eigenvalue weighted by atomic mass is 9.87. The smallest absolute Gasteiger partial charge is 0.411 e. The predicted molar refractivity (Wildman–Crippen MR) is 118 cm³/mol. The molecule has 2 saturated heterocycles. The molecule has 2 heterocycles. The van der Waals surface area contributed by atoms with Gasteiger partial charge in [-0.25, -0.2) is 4.79 Å². The van der Waals surface area contributed by atoms with Crippen molar-refractivity contribution >= 4 is 23.4 Å². The summed E-state index contributed by atoms with van der Waals surface area (Å²) in [6.07, 6.45) is 5.62. The summed E-state index contributed by atoms with van der Waals surface area (Å²) in [6.45, 7) is 2.46. The van der Waals surface area contributed by atoms with Crippen LogP contribution >= 0.6 is 11.6 Å². The number of piperidine rings is 1. The molecule has 0 unspecified atom stereocenters. The Balaban J connectivity index is 1.51. The van der Waals surface area contributed by atoms with E-state index in [9.17, 15) is 4.79 Å². The molecule has 5 heteroatoms. The summed E-state index contributed by atoms with van der Waals surface area (Å²) in [4.78, 5) is 12.8. The summed E-state index contributed by atoms with van der Waals surface area (Å²) >= 11 is 6.18. The highest BCUT2D eigenvalue weighted by Crippen LogP contribution is 2.48. The Bertz CT molecular complexity index is 923. The van der Waals surface area contributed by atoms with Crippen LogP contribution in [0.1, 0.15) is 37.7 Å². The number of carbonyl (C=O) groups is 1. The van der Waals surface area contributed by atoms with E-state index in [0.717, 1.165) is 39.7 Å². The predicted octanol–water partition coefficient (Wildman–Crippen LogP) is 6.03. The summed E-state index contributed by atoms with van der Waals surface area (Å²) in [5, 5.41) is 3.68. The number of aryl methyl sites for hydroxylation is 1. The van der Waals surface area contributed by atoms with E-state index in [1.54, 1.807) is 0 Å². The van der Waals surface area contributed by atoms with Gasteiger partial charge in [0.05, 0.1) is 25.8 Å². The number of likely N-dealkylation sites (N-methyl/N-ethyl adjacent to an activating group) is 1. The first-order valence-corrected chi connectivity index (χ1v) is 10.8. The number of fused-ring (bicyclic) bond motifs is 2. The van der Waals surface area contributed by atoms with Crippen LogP contribution in [0.2, 0.25) is 5.02 Å². The Labute approximate surface area is 178 Å². The van der Waals surface area contributed by atoms with Crippen molar-refractivity contribution in [2.24, 2.45) is 0 Å². The maximum absolute atomic E-state index is 12.8. The summed E-state index contributed by atoms with van der Waals surface area (Å²) in [6, 6.07) is 14.3. The second kappa shape index (κ2) is 7.66. The van der Waals surface area contributed by atoms with E-state index in [4.69, 9.17) is 16.3 Å². The first-order valence-electron chi connectivity index (χ1n) is 10.5. The molecule has 2 fully saturated rings. The lowest BCUT2D eigenvalue weighted by Crippen LogP contribution is -2.63. The quantitative estimate of drug-likeness (QED) is 0.622. The maximum Gasteiger partial charge on any atom is 0.411 e. The largest absolute Gasteiger partial charge is 0.443 e. The molecule has 4 rings (SSSR count). The molecular weight excluding hydrogens is 384 g/mol. The fraction of sp³-hybridized carbons (Fsp3) is 0.458. The fourth-order valence-corrected chi connectivity index (χ4v) is 5.55. The number of nitrogens with zero attached hydrogens (tertiary/aromatic N) is 1. The number of hydrogen-bond acceptors (Lipinski definition) is 2. The van der Waals surface area contributed by atoms with Gasteiger partial charge in [-0.2, -0.15) is 0 Å². The highest BCUT2D eigenvalue weighted by molar-refractivity contribution is 6.30. The molecule has 0 aromatic heterocycles. The third kappa shape index (κ3) is 3.64. The molecule has 0 aliphatic carbocycles. The van der Waals surface area contributed by atoms with Crippen molar-refractivity contribution in [3.63, 3.8) is 0 Å². The highest BCUT2D eigenvalue weighted by atomic mass is 35.5. The van der Waals surface area contributed by atoms with Gasteiger partial charge in [-0.1, -0.05) is 41.9 Å². The van der Waals surface area contributed by atoms with Crippen LogP contribution in [-0.4, -0.2) is 42.9 Å². The van der Waals surface area contributed by atoms with Gasteiger partial charge in [0.25, 0.3) is 0 Å². The third-order valence-corrected chi connectivity index (χ3v) is 7.60. The SMILES string of the molecule is Cc1cccc(-c2cccc(Cl)c2)c1NC(=O)OC[C@]12CCC[C@H](CC1)[N+]2(C)C. The van der Waals surface area contributed by atoms with E-state index in [-0.39, 0.29) is 11.6 Å². The van der Waals surface area contributed by atoms with E-state index in [1.165, 1.54) is 19.3 Å². The molecule has 4 nitrogen and oxygen atoms in total. The Morgan fingerprint density at radius 2 is 2.00 bits per heavy atom. The molecule has 2 aliphatic heterocycles. The number of amides is 1. The van der Waals surface area contributed by atoms with Crippen LogP contribution in [0.5, 0.6) is 0 Å². The average molecular weight is 414 g/mol. The number of halogens is 1. The van der Waals surface area contributed by atoms with Crippen LogP contribution in [0.4, 0.5) is 10.5 Å². The van der Waals surface area contributed by atoms with Gasteiger partial charge >= 0.3 is 6.09 Å². The van der Waals surface area contributed by atoms with Crippen LogP contribution in [0, 0.1) is 6.92 Å². The lowest BCUT2D eigenvalue weighted by Gasteiger charge is -2.49. The van der Waals surface area contributed by atoms with Crippen molar-refractivity contribution in [3.8, 4) is 11.1 Å². The zero-order valence-corrected chi connectivity index (χ0v) is 18.3. The van der Waals surface area contributed by atoms with Crippen molar-refractivity contribution in [2.45, 2.75) is 50.6 Å². The lowest BCUT2D eigenvalue weighted by molar-refractivity contribution is -0.956. The Morgan fingerprint density at radius 3 is 2.79 bits per heavy atom. The van der Waals surface area contributed by atoms with Gasteiger partial charge < -0.3 is 9.22 Å². The first kappa shape index (κ1) is 20.2. The standard InChI is InChI=1S/C24H29ClN2O2/c1-17-7-4-11-21(18-8-5-9-19(25)15-18)22(17)26-23(28)29-16-24-13-6-10-20(12-14-24)27(24,2)3/h4-5,7-9,11,15,20H,6,10,12-14,16H2,1-3H3/p+1/t20-,24+/m1/s1. The molecule has 1 amide bonds. The number of rotatable bonds is 4. The molecule has 0 spiro atoms. The topological polar surface area (TPSA) is 38.3 Å². The normalized spacial score (nSPS) is 24.9. The summed E-state index contributed by atoms with van der Waals surface area (Å²) in [7, 11) is 4.60. The molecule has 2 bridgehead atoms. The first-order chi connectivity index (χ1) is 13.8. The van der Waals surface area contributed by atoms with Gasteiger partial charge in [-0.05, 0) is 43.0 Å². The highest BCUT2D eigenvalue weighted by Gasteiger charge is 2.58. The number of benzene rings is 2. The van der Waals surface area contributed by atoms with Crippen LogP contribution < -0.4 is 5.32 Å². The van der Waals surface area contributed by atoms with Crippen molar-refractivity contribution in [1.82, 2.24) is 0 Å². The number of para-hydroxylation sites is 1. The molecule has 1 N–H and O–H groups in total. The zero-order chi connectivity index (χ0) is 20.6. The van der Waals surface area contributed by atoms with Crippen LogP contribution in [-0.2, 0) is 4.74 Å². The second-order valence-corrected chi connectivity index (χ2v) is 9.49. The second-order valence-electron chi connectivity index (χ2n) is 9.06. The van der Waals surface area contributed by atoms with Crippen molar-refractivity contribution in [2.75, 3.05) is 26.0 Å². The Kier molecular flexibility index (Phi) is 5.34. The molecule has 0 saturated carbocycles. The molecule has 2 aromatic carbocycles. The van der Waals surface area contributed by atoms with Gasteiger partial charge in [0.15, 0.2) is 0 Å². The van der Waals surface area contributed by atoms with Crippen molar-refractivity contribution < 1.29 is 14.0 Å². The monoisotopic (exact) mass is 413 g/mol. The van der Waals surface area contributed by atoms with Crippen LogP contribution in [0.3, 0.4) is 0 Å². The number of hydrogen-bond donors (Lipinski definition) is 1. The molecule has 154 valence electrons. The van der Waals surface area contributed by atoms with E-state index >= 15 is 0 Å². The summed E-state index contributed by atoms with van der Waals surface area (Å²) in [5.74, 6) is 0. The van der Waals surface area contributed by atoms with Crippen LogP contribution in [0.25, 0.3) is 11.1 Å². The third-order valence-electron chi connectivity index (χ3n) is 7.37. The minimum absolute atomic E-state index is 0.0573. The number of quaternary nitrogens is 1. The number of carbonyl (C=O) groups excluding carboxylic acids is 1. The van der Waals surface area contributed by atoms with E-state index < -0.39 is 0 Å². The van der Waals surface area contributed by atoms with Gasteiger partial charge in [0.1, 0.15) is 12.1 Å². The molecule has 29 heavy (non-hydrogen) atoms. The number of nitrogens with one attached hydrogen (secondary N) is 1. The van der Waals surface area contributed by atoms with E-state index in [1.807, 2.05) is 49.4 Å². The van der Waals surface area contributed by atoms with Gasteiger partial charge in [0.2, 0.25) is 0 Å². The Hall–Kier alpha value is -2.04.